The van der Waals surface area contributed by atoms with Gasteiger partial charge in [0.1, 0.15) is 6.29 Å². The van der Waals surface area contributed by atoms with Crippen LogP contribution in [0, 0.1) is 10.8 Å². The van der Waals surface area contributed by atoms with Gasteiger partial charge >= 0.3 is 0 Å². The summed E-state index contributed by atoms with van der Waals surface area (Å²) in [5, 5.41) is 0. The molecule has 0 spiro atoms. The highest BCUT2D eigenvalue weighted by atomic mass is 16.1. The van der Waals surface area contributed by atoms with Gasteiger partial charge in [-0.2, -0.15) is 0 Å². The van der Waals surface area contributed by atoms with Crippen LogP contribution in [0.25, 0.3) is 0 Å². The van der Waals surface area contributed by atoms with Gasteiger partial charge in [-0.3, -0.25) is 0 Å². The van der Waals surface area contributed by atoms with Crippen molar-refractivity contribution in [3.63, 3.8) is 0 Å². The van der Waals surface area contributed by atoms with E-state index in [9.17, 15) is 4.79 Å². The van der Waals surface area contributed by atoms with Crippen molar-refractivity contribution in [2.24, 2.45) is 10.8 Å². The van der Waals surface area contributed by atoms with Gasteiger partial charge in [-0.05, 0) is 44.6 Å². The SMILES string of the molecule is CCC(C)(C=O)CN(C)C1CCC(C)(C)CC1. The second kappa shape index (κ2) is 5.51. The van der Waals surface area contributed by atoms with Gasteiger partial charge in [0, 0.05) is 18.0 Å². The Morgan fingerprint density at radius 1 is 1.35 bits per heavy atom. The molecule has 1 unspecified atom stereocenters. The van der Waals surface area contributed by atoms with Crippen molar-refractivity contribution >= 4 is 6.29 Å². The Labute approximate surface area is 107 Å². The molecular formula is C15H29NO. The van der Waals surface area contributed by atoms with Crippen LogP contribution in [0.4, 0.5) is 0 Å². The molecule has 0 N–H and O–H groups in total. The van der Waals surface area contributed by atoms with Crippen molar-refractivity contribution in [2.45, 2.75) is 65.8 Å². The second-order valence-electron chi connectivity index (χ2n) is 6.94. The maximum atomic E-state index is 11.2. The second-order valence-corrected chi connectivity index (χ2v) is 6.94. The molecule has 100 valence electrons. The fourth-order valence-corrected chi connectivity index (χ4v) is 2.76. The molecule has 0 aromatic carbocycles. The van der Waals surface area contributed by atoms with Crippen LogP contribution in [0.1, 0.15) is 59.8 Å². The molecule has 1 rings (SSSR count). The van der Waals surface area contributed by atoms with E-state index >= 15 is 0 Å². The molecule has 1 aliphatic carbocycles. The molecule has 1 aliphatic rings. The van der Waals surface area contributed by atoms with E-state index < -0.39 is 0 Å². The van der Waals surface area contributed by atoms with Crippen molar-refractivity contribution in [3.8, 4) is 0 Å². The number of hydrogen-bond donors (Lipinski definition) is 0. The summed E-state index contributed by atoms with van der Waals surface area (Å²) in [5.74, 6) is 0. The number of carbonyl (C=O) groups excluding carboxylic acids is 1. The van der Waals surface area contributed by atoms with Crippen molar-refractivity contribution in [1.29, 1.82) is 0 Å². The molecule has 2 heteroatoms. The van der Waals surface area contributed by atoms with Crippen molar-refractivity contribution in [3.05, 3.63) is 0 Å². The number of carbonyl (C=O) groups is 1. The maximum Gasteiger partial charge on any atom is 0.127 e. The Kier molecular flexibility index (Phi) is 4.77. The molecule has 0 aromatic rings. The highest BCUT2D eigenvalue weighted by molar-refractivity contribution is 5.58. The average molecular weight is 239 g/mol. The van der Waals surface area contributed by atoms with Crippen LogP contribution >= 0.6 is 0 Å². The number of nitrogens with zero attached hydrogens (tertiary/aromatic N) is 1. The molecule has 0 saturated heterocycles. The van der Waals surface area contributed by atoms with E-state index in [0.717, 1.165) is 19.3 Å². The zero-order valence-electron chi connectivity index (χ0n) is 12.3. The Bertz CT molecular complexity index is 252. The van der Waals surface area contributed by atoms with Crippen molar-refractivity contribution in [1.82, 2.24) is 4.90 Å². The summed E-state index contributed by atoms with van der Waals surface area (Å²) in [4.78, 5) is 13.6. The van der Waals surface area contributed by atoms with Crippen LogP contribution in [0.2, 0.25) is 0 Å². The van der Waals surface area contributed by atoms with E-state index in [1.54, 1.807) is 0 Å². The van der Waals surface area contributed by atoms with Gasteiger partial charge in [0.25, 0.3) is 0 Å². The van der Waals surface area contributed by atoms with Crippen LogP contribution in [-0.2, 0) is 4.79 Å². The molecule has 1 saturated carbocycles. The van der Waals surface area contributed by atoms with Gasteiger partial charge in [-0.25, -0.2) is 0 Å². The molecule has 17 heavy (non-hydrogen) atoms. The van der Waals surface area contributed by atoms with E-state index in [-0.39, 0.29) is 5.41 Å². The van der Waals surface area contributed by atoms with Gasteiger partial charge in [0.05, 0.1) is 0 Å². The highest BCUT2D eigenvalue weighted by Crippen LogP contribution is 2.37. The molecule has 1 fully saturated rings. The summed E-state index contributed by atoms with van der Waals surface area (Å²) >= 11 is 0. The van der Waals surface area contributed by atoms with Crippen LogP contribution in [-0.4, -0.2) is 30.8 Å². The normalized spacial score (nSPS) is 24.6. The summed E-state index contributed by atoms with van der Waals surface area (Å²) in [5.41, 5.74) is 0.359. The third kappa shape index (κ3) is 4.09. The molecule has 2 nitrogen and oxygen atoms in total. The molecule has 0 bridgehead atoms. The predicted molar refractivity (Wildman–Crippen MR) is 73.1 cm³/mol. The van der Waals surface area contributed by atoms with E-state index in [4.69, 9.17) is 0 Å². The summed E-state index contributed by atoms with van der Waals surface area (Å²) in [6.07, 6.45) is 7.25. The molecule has 0 radical (unpaired) electrons. The third-order valence-corrected chi connectivity index (χ3v) is 4.63. The smallest absolute Gasteiger partial charge is 0.127 e. The monoisotopic (exact) mass is 239 g/mol. The highest BCUT2D eigenvalue weighted by Gasteiger charge is 2.31. The van der Waals surface area contributed by atoms with Crippen LogP contribution in [0.15, 0.2) is 0 Å². The van der Waals surface area contributed by atoms with Gasteiger partial charge in [-0.1, -0.05) is 27.7 Å². The predicted octanol–water partition coefficient (Wildman–Crippen LogP) is 3.50. The van der Waals surface area contributed by atoms with E-state index in [1.807, 2.05) is 0 Å². The summed E-state index contributed by atoms with van der Waals surface area (Å²) in [6, 6.07) is 0.675. The topological polar surface area (TPSA) is 20.3 Å². The quantitative estimate of drug-likeness (QED) is 0.684. The third-order valence-electron chi connectivity index (χ3n) is 4.63. The Morgan fingerprint density at radius 2 is 1.88 bits per heavy atom. The van der Waals surface area contributed by atoms with E-state index in [1.165, 1.54) is 25.7 Å². The Balaban J connectivity index is 2.49. The van der Waals surface area contributed by atoms with Crippen LogP contribution in [0.3, 0.4) is 0 Å². The number of rotatable bonds is 5. The molecule has 0 aromatic heterocycles. The lowest BCUT2D eigenvalue weighted by Gasteiger charge is -2.40. The van der Waals surface area contributed by atoms with Gasteiger partial charge in [-0.15, -0.1) is 0 Å². The molecule has 1 atom stereocenters. The van der Waals surface area contributed by atoms with Crippen LogP contribution in [0.5, 0.6) is 0 Å². The van der Waals surface area contributed by atoms with Gasteiger partial charge in [0.2, 0.25) is 0 Å². The van der Waals surface area contributed by atoms with Crippen LogP contribution < -0.4 is 0 Å². The summed E-state index contributed by atoms with van der Waals surface area (Å²) < 4.78 is 0. The lowest BCUT2D eigenvalue weighted by Crippen LogP contribution is -2.43. The zero-order valence-corrected chi connectivity index (χ0v) is 12.3. The first-order valence-corrected chi connectivity index (χ1v) is 6.98. The minimum absolute atomic E-state index is 0.165. The van der Waals surface area contributed by atoms with Gasteiger partial charge < -0.3 is 9.69 Å². The fourth-order valence-electron chi connectivity index (χ4n) is 2.76. The first kappa shape index (κ1) is 14.7. The van der Waals surface area contributed by atoms with Crippen molar-refractivity contribution in [2.75, 3.05) is 13.6 Å². The van der Waals surface area contributed by atoms with E-state index in [2.05, 4.69) is 39.6 Å². The standard InChI is InChI=1S/C15H29NO/c1-6-15(4,12-17)11-16(5)13-7-9-14(2,3)10-8-13/h12-13H,6-11H2,1-5H3. The number of aldehydes is 1. The number of hydrogen-bond acceptors (Lipinski definition) is 2. The van der Waals surface area contributed by atoms with Crippen molar-refractivity contribution < 1.29 is 4.79 Å². The van der Waals surface area contributed by atoms with Gasteiger partial charge in [0.15, 0.2) is 0 Å². The summed E-state index contributed by atoms with van der Waals surface area (Å²) in [6.45, 7) is 9.81. The Morgan fingerprint density at radius 3 is 2.29 bits per heavy atom. The molecule has 0 aliphatic heterocycles. The maximum absolute atomic E-state index is 11.2. The zero-order chi connectivity index (χ0) is 13.1. The lowest BCUT2D eigenvalue weighted by molar-refractivity contribution is -0.116. The first-order valence-electron chi connectivity index (χ1n) is 6.98. The Hall–Kier alpha value is -0.370. The fraction of sp³-hybridized carbons (Fsp3) is 0.933. The minimum Gasteiger partial charge on any atom is -0.303 e. The molecule has 0 heterocycles. The largest absolute Gasteiger partial charge is 0.303 e. The first-order chi connectivity index (χ1) is 7.82. The summed E-state index contributed by atoms with van der Waals surface area (Å²) in [7, 11) is 2.18. The molecule has 0 amide bonds. The lowest BCUT2D eigenvalue weighted by atomic mass is 9.75. The average Bonchev–Trinajstić information content (AvgIpc) is 2.28. The molecular weight excluding hydrogens is 210 g/mol. The minimum atomic E-state index is -0.165. The van der Waals surface area contributed by atoms with E-state index in [0.29, 0.717) is 11.5 Å².